The van der Waals surface area contributed by atoms with Crippen LogP contribution in [0.25, 0.3) is 11.0 Å². The lowest BCUT2D eigenvalue weighted by molar-refractivity contribution is 0.103. The number of fused-ring (bicyclic) bond motifs is 1. The Bertz CT molecular complexity index is 1170. The van der Waals surface area contributed by atoms with Crippen molar-refractivity contribution in [3.05, 3.63) is 94.3 Å². The quantitative estimate of drug-likeness (QED) is 0.464. The Balaban J connectivity index is 1.66. The van der Waals surface area contributed by atoms with Crippen molar-refractivity contribution >= 4 is 28.4 Å². The van der Waals surface area contributed by atoms with E-state index >= 15 is 0 Å². The standard InChI is InChI=1S/C21H13ClF2N2O2/c22-13-5-3-12(4-6-13)11-28-17-8-7-16(23)18(19(17)24)20(27)15-10-26-21-14(15)2-1-9-25-21/h1-10H,11H2,(H,25,26). The molecule has 0 atom stereocenters. The first kappa shape index (κ1) is 18.1. The van der Waals surface area contributed by atoms with Gasteiger partial charge in [-0.3, -0.25) is 4.79 Å². The molecule has 0 bridgehead atoms. The number of rotatable bonds is 5. The first-order chi connectivity index (χ1) is 13.5. The second-order valence-corrected chi connectivity index (χ2v) is 6.52. The van der Waals surface area contributed by atoms with E-state index in [1.807, 2.05) is 0 Å². The number of aromatic nitrogens is 2. The minimum atomic E-state index is -1.04. The van der Waals surface area contributed by atoms with Crippen molar-refractivity contribution in [2.45, 2.75) is 6.61 Å². The van der Waals surface area contributed by atoms with Gasteiger partial charge in [-0.05, 0) is 42.0 Å². The highest BCUT2D eigenvalue weighted by Gasteiger charge is 2.24. The maximum atomic E-state index is 14.9. The summed E-state index contributed by atoms with van der Waals surface area (Å²) in [6.07, 6.45) is 2.94. The molecule has 0 aliphatic heterocycles. The van der Waals surface area contributed by atoms with Crippen molar-refractivity contribution in [1.29, 1.82) is 0 Å². The summed E-state index contributed by atoms with van der Waals surface area (Å²) >= 11 is 5.83. The zero-order chi connectivity index (χ0) is 19.7. The van der Waals surface area contributed by atoms with Crippen LogP contribution in [0, 0.1) is 11.6 Å². The Kier molecular flexibility index (Phi) is 4.79. The van der Waals surface area contributed by atoms with Gasteiger partial charge in [0.05, 0.1) is 5.56 Å². The van der Waals surface area contributed by atoms with E-state index in [4.69, 9.17) is 16.3 Å². The fourth-order valence-electron chi connectivity index (χ4n) is 2.87. The van der Waals surface area contributed by atoms with Crippen LogP contribution in [0.15, 0.2) is 60.9 Å². The van der Waals surface area contributed by atoms with Crippen LogP contribution in [0.4, 0.5) is 8.78 Å². The molecule has 2 aromatic carbocycles. The molecule has 0 aliphatic rings. The molecular weight excluding hydrogens is 386 g/mol. The van der Waals surface area contributed by atoms with Gasteiger partial charge in [0, 0.05) is 28.4 Å². The number of aromatic amines is 1. The minimum Gasteiger partial charge on any atom is -0.486 e. The number of halogens is 3. The first-order valence-electron chi connectivity index (χ1n) is 8.36. The average molecular weight is 399 g/mol. The number of hydrogen-bond acceptors (Lipinski definition) is 3. The number of nitrogens with one attached hydrogen (secondary N) is 1. The Morgan fingerprint density at radius 3 is 2.68 bits per heavy atom. The zero-order valence-electron chi connectivity index (χ0n) is 14.4. The molecule has 4 rings (SSSR count). The predicted molar refractivity (Wildman–Crippen MR) is 102 cm³/mol. The number of ether oxygens (including phenoxy) is 1. The molecule has 0 saturated carbocycles. The van der Waals surface area contributed by atoms with Crippen LogP contribution in [-0.2, 0) is 6.61 Å². The number of ketones is 1. The lowest BCUT2D eigenvalue weighted by Crippen LogP contribution is -2.09. The lowest BCUT2D eigenvalue weighted by Gasteiger charge is -2.11. The fraction of sp³-hybridized carbons (Fsp3) is 0.0476. The van der Waals surface area contributed by atoms with Crippen LogP contribution in [0.5, 0.6) is 5.75 Å². The monoisotopic (exact) mass is 398 g/mol. The molecule has 0 aliphatic carbocycles. The van der Waals surface area contributed by atoms with E-state index in [9.17, 15) is 13.6 Å². The topological polar surface area (TPSA) is 55.0 Å². The Labute approximate surface area is 163 Å². The van der Waals surface area contributed by atoms with E-state index < -0.39 is 23.0 Å². The van der Waals surface area contributed by atoms with Crippen LogP contribution in [0.2, 0.25) is 5.02 Å². The summed E-state index contributed by atoms with van der Waals surface area (Å²) in [5.41, 5.74) is 0.680. The molecule has 0 spiro atoms. The molecule has 0 unspecified atom stereocenters. The lowest BCUT2D eigenvalue weighted by atomic mass is 10.0. The van der Waals surface area contributed by atoms with Crippen molar-refractivity contribution in [2.75, 3.05) is 0 Å². The molecule has 7 heteroatoms. The SMILES string of the molecule is O=C(c1c(F)ccc(OCc2ccc(Cl)cc2)c1F)c1c[nH]c2ncccc12. The summed E-state index contributed by atoms with van der Waals surface area (Å²) in [6.45, 7) is 0.0460. The molecule has 140 valence electrons. The van der Waals surface area contributed by atoms with Gasteiger partial charge in [0.2, 0.25) is 5.78 Å². The maximum Gasteiger partial charge on any atom is 0.201 e. The van der Waals surface area contributed by atoms with E-state index in [1.165, 1.54) is 6.20 Å². The first-order valence-corrected chi connectivity index (χ1v) is 8.74. The summed E-state index contributed by atoms with van der Waals surface area (Å²) in [6, 6.07) is 12.3. The van der Waals surface area contributed by atoms with Gasteiger partial charge in [-0.25, -0.2) is 13.8 Å². The highest BCUT2D eigenvalue weighted by Crippen LogP contribution is 2.28. The van der Waals surface area contributed by atoms with Crippen LogP contribution >= 0.6 is 11.6 Å². The van der Waals surface area contributed by atoms with Crippen LogP contribution in [-0.4, -0.2) is 15.8 Å². The normalized spacial score (nSPS) is 11.0. The fourth-order valence-corrected chi connectivity index (χ4v) is 3.00. The zero-order valence-corrected chi connectivity index (χ0v) is 15.1. The molecular formula is C21H13ClF2N2O2. The third-order valence-electron chi connectivity index (χ3n) is 4.29. The van der Waals surface area contributed by atoms with Gasteiger partial charge in [-0.1, -0.05) is 23.7 Å². The Morgan fingerprint density at radius 2 is 1.89 bits per heavy atom. The van der Waals surface area contributed by atoms with Gasteiger partial charge >= 0.3 is 0 Å². The number of carbonyl (C=O) groups excluding carboxylic acids is 1. The largest absolute Gasteiger partial charge is 0.486 e. The Morgan fingerprint density at radius 1 is 1.11 bits per heavy atom. The summed E-state index contributed by atoms with van der Waals surface area (Å²) in [7, 11) is 0. The Hall–Kier alpha value is -3.25. The van der Waals surface area contributed by atoms with E-state index in [1.54, 1.807) is 42.6 Å². The van der Waals surface area contributed by atoms with Crippen molar-refractivity contribution in [1.82, 2.24) is 9.97 Å². The summed E-state index contributed by atoms with van der Waals surface area (Å²) < 4.78 is 34.7. The highest BCUT2D eigenvalue weighted by molar-refractivity contribution is 6.30. The molecule has 28 heavy (non-hydrogen) atoms. The third-order valence-corrected chi connectivity index (χ3v) is 4.54. The second kappa shape index (κ2) is 7.40. The summed E-state index contributed by atoms with van der Waals surface area (Å²) in [5.74, 6) is -3.00. The smallest absolute Gasteiger partial charge is 0.201 e. The molecule has 4 aromatic rings. The van der Waals surface area contributed by atoms with Gasteiger partial charge in [0.25, 0.3) is 0 Å². The average Bonchev–Trinajstić information content (AvgIpc) is 3.13. The number of nitrogens with zero attached hydrogens (tertiary/aromatic N) is 1. The van der Waals surface area contributed by atoms with Crippen LogP contribution in [0.1, 0.15) is 21.5 Å². The van der Waals surface area contributed by atoms with Gasteiger partial charge in [-0.2, -0.15) is 0 Å². The van der Waals surface area contributed by atoms with Crippen molar-refractivity contribution in [2.24, 2.45) is 0 Å². The van der Waals surface area contributed by atoms with E-state index in [0.29, 0.717) is 16.1 Å². The molecule has 0 amide bonds. The highest BCUT2D eigenvalue weighted by atomic mass is 35.5. The van der Waals surface area contributed by atoms with Gasteiger partial charge in [0.1, 0.15) is 18.1 Å². The van der Waals surface area contributed by atoms with Crippen LogP contribution in [0.3, 0.4) is 0 Å². The molecule has 2 aromatic heterocycles. The number of benzene rings is 2. The van der Waals surface area contributed by atoms with Gasteiger partial charge in [-0.15, -0.1) is 0 Å². The molecule has 4 nitrogen and oxygen atoms in total. The molecule has 0 radical (unpaired) electrons. The number of carbonyl (C=O) groups is 1. The summed E-state index contributed by atoms with van der Waals surface area (Å²) in [5, 5.41) is 1.05. The van der Waals surface area contributed by atoms with Gasteiger partial charge in [0.15, 0.2) is 11.6 Å². The van der Waals surface area contributed by atoms with E-state index in [0.717, 1.165) is 17.7 Å². The van der Waals surface area contributed by atoms with E-state index in [2.05, 4.69) is 9.97 Å². The van der Waals surface area contributed by atoms with Crippen molar-refractivity contribution < 1.29 is 18.3 Å². The molecule has 2 heterocycles. The minimum absolute atomic E-state index is 0.0460. The van der Waals surface area contributed by atoms with Crippen LogP contribution < -0.4 is 4.74 Å². The molecule has 1 N–H and O–H groups in total. The molecule has 0 saturated heterocycles. The number of pyridine rings is 1. The van der Waals surface area contributed by atoms with Gasteiger partial charge < -0.3 is 9.72 Å². The van der Waals surface area contributed by atoms with E-state index in [-0.39, 0.29) is 17.9 Å². The third kappa shape index (κ3) is 3.34. The number of hydrogen-bond donors (Lipinski definition) is 1. The summed E-state index contributed by atoms with van der Waals surface area (Å²) in [4.78, 5) is 19.7. The maximum absolute atomic E-state index is 14.9. The molecule has 0 fully saturated rings. The second-order valence-electron chi connectivity index (χ2n) is 6.08. The predicted octanol–water partition coefficient (Wildman–Crippen LogP) is 5.30. The van der Waals surface area contributed by atoms with Crippen molar-refractivity contribution in [3.63, 3.8) is 0 Å². The number of H-pyrrole nitrogens is 1. The van der Waals surface area contributed by atoms with Crippen molar-refractivity contribution in [3.8, 4) is 5.75 Å².